The van der Waals surface area contributed by atoms with Crippen LogP contribution in [-0.2, 0) is 4.79 Å². The highest BCUT2D eigenvalue weighted by Gasteiger charge is 2.21. The molecule has 0 radical (unpaired) electrons. The van der Waals surface area contributed by atoms with E-state index in [1.165, 1.54) is 44.9 Å². The summed E-state index contributed by atoms with van der Waals surface area (Å²) in [6.07, 6.45) is 11.6. The van der Waals surface area contributed by atoms with Crippen molar-refractivity contribution in [2.24, 2.45) is 5.92 Å². The van der Waals surface area contributed by atoms with Gasteiger partial charge in [-0.05, 0) is 19.4 Å². The standard InChI is InChI=1S/C15H30N2O/c1-2-3-4-5-6-7-8-9-11-17-15(18)14-10-12-16-13-14/h14,16H,2-13H2,1H3,(H,17,18)/t14-/m0/s1. The zero-order chi connectivity index (χ0) is 13.1. The molecule has 1 aliphatic heterocycles. The van der Waals surface area contributed by atoms with Crippen LogP contribution in [0.1, 0.15) is 64.7 Å². The predicted octanol–water partition coefficient (Wildman–Crippen LogP) is 2.85. The molecule has 3 heteroatoms. The molecule has 106 valence electrons. The third-order valence-electron chi connectivity index (χ3n) is 3.76. The Morgan fingerprint density at radius 3 is 2.39 bits per heavy atom. The van der Waals surface area contributed by atoms with E-state index < -0.39 is 0 Å². The van der Waals surface area contributed by atoms with E-state index in [1.807, 2.05) is 0 Å². The van der Waals surface area contributed by atoms with E-state index in [1.54, 1.807) is 0 Å². The molecule has 0 spiro atoms. The average Bonchev–Trinajstić information content (AvgIpc) is 2.90. The summed E-state index contributed by atoms with van der Waals surface area (Å²) in [7, 11) is 0. The molecule has 0 aromatic carbocycles. The van der Waals surface area contributed by atoms with E-state index in [4.69, 9.17) is 0 Å². The van der Waals surface area contributed by atoms with Crippen molar-refractivity contribution in [3.05, 3.63) is 0 Å². The molecular formula is C15H30N2O. The maximum absolute atomic E-state index is 11.7. The van der Waals surface area contributed by atoms with Gasteiger partial charge in [0, 0.05) is 13.1 Å². The summed E-state index contributed by atoms with van der Waals surface area (Å²) in [5.41, 5.74) is 0. The van der Waals surface area contributed by atoms with Crippen LogP contribution < -0.4 is 10.6 Å². The van der Waals surface area contributed by atoms with Gasteiger partial charge in [0.05, 0.1) is 5.92 Å². The van der Waals surface area contributed by atoms with E-state index in [0.29, 0.717) is 0 Å². The Bertz CT molecular complexity index is 213. The van der Waals surface area contributed by atoms with Crippen molar-refractivity contribution in [3.8, 4) is 0 Å². The SMILES string of the molecule is CCCCCCCCCCNC(=O)[C@H]1CCNC1. The van der Waals surface area contributed by atoms with Crippen LogP contribution in [0.3, 0.4) is 0 Å². The van der Waals surface area contributed by atoms with Crippen LogP contribution in [0.2, 0.25) is 0 Å². The van der Waals surface area contributed by atoms with E-state index >= 15 is 0 Å². The van der Waals surface area contributed by atoms with E-state index in [-0.39, 0.29) is 11.8 Å². The maximum Gasteiger partial charge on any atom is 0.224 e. The fourth-order valence-corrected chi connectivity index (χ4v) is 2.49. The molecule has 0 unspecified atom stereocenters. The Hall–Kier alpha value is -0.570. The van der Waals surface area contributed by atoms with Crippen molar-refractivity contribution in [1.29, 1.82) is 0 Å². The lowest BCUT2D eigenvalue weighted by Gasteiger charge is -2.09. The predicted molar refractivity (Wildman–Crippen MR) is 76.6 cm³/mol. The van der Waals surface area contributed by atoms with Gasteiger partial charge in [-0.2, -0.15) is 0 Å². The number of unbranched alkanes of at least 4 members (excludes halogenated alkanes) is 7. The van der Waals surface area contributed by atoms with Gasteiger partial charge in [0.1, 0.15) is 0 Å². The highest BCUT2D eigenvalue weighted by Crippen LogP contribution is 2.09. The van der Waals surface area contributed by atoms with Crippen LogP contribution in [-0.4, -0.2) is 25.5 Å². The smallest absolute Gasteiger partial charge is 0.224 e. The van der Waals surface area contributed by atoms with Crippen molar-refractivity contribution in [2.75, 3.05) is 19.6 Å². The molecule has 1 rings (SSSR count). The molecule has 3 nitrogen and oxygen atoms in total. The highest BCUT2D eigenvalue weighted by atomic mass is 16.1. The maximum atomic E-state index is 11.7. The van der Waals surface area contributed by atoms with Gasteiger partial charge in [-0.15, -0.1) is 0 Å². The second-order valence-electron chi connectivity index (χ2n) is 5.46. The van der Waals surface area contributed by atoms with Gasteiger partial charge < -0.3 is 10.6 Å². The van der Waals surface area contributed by atoms with Crippen molar-refractivity contribution < 1.29 is 4.79 Å². The molecule has 0 aromatic heterocycles. The summed E-state index contributed by atoms with van der Waals surface area (Å²) >= 11 is 0. The number of amides is 1. The number of carbonyl (C=O) groups is 1. The molecule has 0 aromatic rings. The van der Waals surface area contributed by atoms with Crippen LogP contribution in [0.5, 0.6) is 0 Å². The first-order valence-corrected chi connectivity index (χ1v) is 7.83. The van der Waals surface area contributed by atoms with Gasteiger partial charge in [-0.3, -0.25) is 4.79 Å². The zero-order valence-corrected chi connectivity index (χ0v) is 12.0. The first-order valence-electron chi connectivity index (χ1n) is 7.83. The van der Waals surface area contributed by atoms with E-state index in [0.717, 1.165) is 32.5 Å². The summed E-state index contributed by atoms with van der Waals surface area (Å²) in [4.78, 5) is 11.7. The molecule has 1 saturated heterocycles. The molecule has 1 atom stereocenters. The summed E-state index contributed by atoms with van der Waals surface area (Å²) in [6.45, 7) is 4.98. The van der Waals surface area contributed by atoms with E-state index in [2.05, 4.69) is 17.6 Å². The normalized spacial score (nSPS) is 19.1. The topological polar surface area (TPSA) is 41.1 Å². The van der Waals surface area contributed by atoms with Gasteiger partial charge in [0.15, 0.2) is 0 Å². The number of hydrogen-bond acceptors (Lipinski definition) is 2. The van der Waals surface area contributed by atoms with Crippen molar-refractivity contribution >= 4 is 5.91 Å². The molecule has 1 fully saturated rings. The molecule has 1 amide bonds. The van der Waals surface area contributed by atoms with Gasteiger partial charge in [-0.25, -0.2) is 0 Å². The first kappa shape index (κ1) is 15.5. The Morgan fingerprint density at radius 2 is 1.78 bits per heavy atom. The second-order valence-corrected chi connectivity index (χ2v) is 5.46. The largest absolute Gasteiger partial charge is 0.356 e. The molecule has 0 saturated carbocycles. The molecule has 18 heavy (non-hydrogen) atoms. The van der Waals surface area contributed by atoms with Crippen LogP contribution in [0.15, 0.2) is 0 Å². The lowest BCUT2D eigenvalue weighted by molar-refractivity contribution is -0.124. The van der Waals surface area contributed by atoms with Gasteiger partial charge in [0.2, 0.25) is 5.91 Å². The minimum Gasteiger partial charge on any atom is -0.356 e. The monoisotopic (exact) mass is 254 g/mol. The number of hydrogen-bond donors (Lipinski definition) is 2. The van der Waals surface area contributed by atoms with Crippen molar-refractivity contribution in [2.45, 2.75) is 64.7 Å². The lowest BCUT2D eigenvalue weighted by Crippen LogP contribution is -2.32. The number of rotatable bonds is 10. The Morgan fingerprint density at radius 1 is 1.11 bits per heavy atom. The van der Waals surface area contributed by atoms with E-state index in [9.17, 15) is 4.79 Å². The van der Waals surface area contributed by atoms with Crippen LogP contribution in [0.25, 0.3) is 0 Å². The zero-order valence-electron chi connectivity index (χ0n) is 12.0. The van der Waals surface area contributed by atoms with Crippen LogP contribution in [0.4, 0.5) is 0 Å². The third-order valence-corrected chi connectivity index (χ3v) is 3.76. The van der Waals surface area contributed by atoms with Crippen LogP contribution >= 0.6 is 0 Å². The number of carbonyl (C=O) groups excluding carboxylic acids is 1. The fourth-order valence-electron chi connectivity index (χ4n) is 2.49. The van der Waals surface area contributed by atoms with Gasteiger partial charge in [-0.1, -0.05) is 51.9 Å². The summed E-state index contributed by atoms with van der Waals surface area (Å²) in [5, 5.41) is 6.28. The second kappa shape index (κ2) is 10.4. The van der Waals surface area contributed by atoms with Crippen molar-refractivity contribution in [3.63, 3.8) is 0 Å². The molecule has 0 bridgehead atoms. The minimum absolute atomic E-state index is 0.221. The Kier molecular flexibility index (Phi) is 8.92. The molecule has 1 heterocycles. The quantitative estimate of drug-likeness (QED) is 0.589. The third kappa shape index (κ3) is 7.00. The van der Waals surface area contributed by atoms with Gasteiger partial charge in [0.25, 0.3) is 0 Å². The van der Waals surface area contributed by atoms with Gasteiger partial charge >= 0.3 is 0 Å². The van der Waals surface area contributed by atoms with Crippen molar-refractivity contribution in [1.82, 2.24) is 10.6 Å². The molecular weight excluding hydrogens is 224 g/mol. The molecule has 0 aliphatic carbocycles. The lowest BCUT2D eigenvalue weighted by atomic mass is 10.1. The highest BCUT2D eigenvalue weighted by molar-refractivity contribution is 5.79. The Balaban J connectivity index is 1.82. The fraction of sp³-hybridized carbons (Fsp3) is 0.933. The summed E-state index contributed by atoms with van der Waals surface area (Å²) in [6, 6.07) is 0. The van der Waals surface area contributed by atoms with Crippen LogP contribution in [0, 0.1) is 5.92 Å². The summed E-state index contributed by atoms with van der Waals surface area (Å²) < 4.78 is 0. The average molecular weight is 254 g/mol. The molecule has 1 aliphatic rings. The first-order chi connectivity index (χ1) is 8.84. The molecule has 2 N–H and O–H groups in total. The Labute approximate surface area is 112 Å². The minimum atomic E-state index is 0.221. The summed E-state index contributed by atoms with van der Waals surface area (Å²) in [5.74, 6) is 0.474. The number of nitrogens with one attached hydrogen (secondary N) is 2.